The highest BCUT2D eigenvalue weighted by Crippen LogP contribution is 2.35. The molecule has 4 aromatic carbocycles. The molecule has 7 rings (SSSR count). The van der Waals surface area contributed by atoms with Gasteiger partial charge >= 0.3 is 5.97 Å². The topological polar surface area (TPSA) is 244 Å². The number of nitrogens with one attached hydrogen (secondary N) is 4. The van der Waals surface area contributed by atoms with Gasteiger partial charge in [0.1, 0.15) is 21.5 Å². The van der Waals surface area contributed by atoms with Crippen molar-refractivity contribution in [3.05, 3.63) is 118 Å². The summed E-state index contributed by atoms with van der Waals surface area (Å²) < 4.78 is 62.0. The van der Waals surface area contributed by atoms with E-state index in [1.54, 1.807) is 102 Å². The van der Waals surface area contributed by atoms with Crippen LogP contribution < -0.4 is 30.7 Å². The zero-order valence-corrected chi connectivity index (χ0v) is 43.0. The fourth-order valence-corrected chi connectivity index (χ4v) is 9.88. The summed E-state index contributed by atoms with van der Waals surface area (Å²) >= 11 is 12.6. The van der Waals surface area contributed by atoms with Gasteiger partial charge in [-0.1, -0.05) is 59.6 Å². The maximum Gasteiger partial charge on any atom is 0.307 e. The minimum absolute atomic E-state index is 0.102. The second kappa shape index (κ2) is 23.9. The Morgan fingerprint density at radius 2 is 1.04 bits per heavy atom. The number of nitrogens with zero attached hydrogens (tertiary/aromatic N) is 5. The van der Waals surface area contributed by atoms with Crippen LogP contribution in [0.2, 0.25) is 10.0 Å². The van der Waals surface area contributed by atoms with Gasteiger partial charge in [-0.3, -0.25) is 9.59 Å². The number of aromatic nitrogens is 4. The van der Waals surface area contributed by atoms with Crippen molar-refractivity contribution in [3.63, 3.8) is 0 Å². The average Bonchev–Trinajstić information content (AvgIpc) is 3.34. The van der Waals surface area contributed by atoms with E-state index in [2.05, 4.69) is 41.2 Å². The molecule has 18 nitrogen and oxygen atoms in total. The molecule has 3 heterocycles. The Morgan fingerprint density at radius 3 is 1.45 bits per heavy atom. The average molecular weight is 1050 g/mol. The Hall–Kier alpha value is -6.74. The third kappa shape index (κ3) is 13.8. The van der Waals surface area contributed by atoms with Gasteiger partial charge in [0.05, 0.1) is 82.5 Å². The van der Waals surface area contributed by atoms with Crippen LogP contribution in [0, 0.1) is 0 Å². The summed E-state index contributed by atoms with van der Waals surface area (Å²) in [5.74, 6) is 0.967. The lowest BCUT2D eigenvalue weighted by atomic mass is 10.1. The van der Waals surface area contributed by atoms with Gasteiger partial charge in [-0.15, -0.1) is 0 Å². The number of sulfone groups is 2. The molecule has 376 valence electrons. The van der Waals surface area contributed by atoms with Crippen LogP contribution in [-0.2, 0) is 42.1 Å². The summed E-state index contributed by atoms with van der Waals surface area (Å²) in [5.41, 5.74) is 3.15. The molecule has 6 aromatic rings. The normalized spacial score (nSPS) is 12.7. The summed E-state index contributed by atoms with van der Waals surface area (Å²) in [6, 6.07) is 23.5. The maximum atomic E-state index is 12.9. The van der Waals surface area contributed by atoms with Crippen LogP contribution in [0.15, 0.2) is 107 Å². The van der Waals surface area contributed by atoms with Crippen molar-refractivity contribution in [2.24, 2.45) is 0 Å². The number of rotatable bonds is 18. The Bertz CT molecular complexity index is 3100. The first-order valence-corrected chi connectivity index (χ1v) is 26.3. The van der Waals surface area contributed by atoms with E-state index >= 15 is 0 Å². The number of likely N-dealkylation sites (tertiary alicyclic amines) is 1. The van der Waals surface area contributed by atoms with Crippen LogP contribution in [0.4, 0.5) is 46.3 Å². The number of para-hydroxylation sites is 2. The van der Waals surface area contributed by atoms with Crippen LogP contribution in [0.25, 0.3) is 0 Å². The Labute approximate surface area is 423 Å². The lowest BCUT2D eigenvalue weighted by molar-refractivity contribution is -0.136. The van der Waals surface area contributed by atoms with E-state index in [0.717, 1.165) is 37.9 Å². The fraction of sp³-hybridized carbons (Fsp3) is 0.306. The number of hydrogen-bond acceptors (Lipinski definition) is 16. The molecule has 5 N–H and O–H groups in total. The third-order valence-electron chi connectivity index (χ3n) is 11.1. The summed E-state index contributed by atoms with van der Waals surface area (Å²) in [7, 11) is -4.05. The number of halogens is 2. The molecule has 22 heteroatoms. The molecule has 1 aliphatic heterocycles. The maximum absolute atomic E-state index is 12.9. The molecule has 0 unspecified atom stereocenters. The summed E-state index contributed by atoms with van der Waals surface area (Å²) in [6.07, 6.45) is 6.17. The number of amides is 1. The molecule has 0 aliphatic carbocycles. The van der Waals surface area contributed by atoms with Crippen molar-refractivity contribution in [2.45, 2.75) is 80.1 Å². The summed E-state index contributed by atoms with van der Waals surface area (Å²) in [5, 5.41) is 20.4. The number of methoxy groups -OCH3 is 2. The molecule has 1 amide bonds. The number of hydrogen-bond donors (Lipinski definition) is 5. The van der Waals surface area contributed by atoms with Crippen LogP contribution >= 0.6 is 23.2 Å². The van der Waals surface area contributed by atoms with Crippen molar-refractivity contribution in [1.82, 2.24) is 24.8 Å². The SMILES string of the molecule is COc1ccc(CC(=O)N2CCCCC2)cc1Nc1ncc(Cl)c(Nc2ccccc2S(=O)(=O)C(C)C)n1.COc1ccc(CC(=O)O)cc1Nc1ncc(Cl)c(Nc2ccccc2S(=O)(=O)C(C)C)n1. The highest BCUT2D eigenvalue weighted by Gasteiger charge is 2.25. The van der Waals surface area contributed by atoms with E-state index in [0.29, 0.717) is 39.8 Å². The van der Waals surface area contributed by atoms with Gasteiger partial charge in [-0.2, -0.15) is 9.97 Å². The molecule has 0 radical (unpaired) electrons. The predicted octanol–water partition coefficient (Wildman–Crippen LogP) is 9.80. The molecule has 0 saturated carbocycles. The number of carboxylic acids is 1. The van der Waals surface area contributed by atoms with E-state index in [1.165, 1.54) is 25.6 Å². The highest BCUT2D eigenvalue weighted by molar-refractivity contribution is 7.92. The number of benzene rings is 4. The third-order valence-corrected chi connectivity index (χ3v) is 16.0. The number of piperidine rings is 1. The second-order valence-electron chi connectivity index (χ2n) is 16.7. The Kier molecular flexibility index (Phi) is 18.1. The lowest BCUT2D eigenvalue weighted by Crippen LogP contribution is -2.36. The number of anilines is 8. The highest BCUT2D eigenvalue weighted by atomic mass is 35.5. The first kappa shape index (κ1) is 53.6. The van der Waals surface area contributed by atoms with Crippen LogP contribution in [0.1, 0.15) is 58.1 Å². The first-order valence-electron chi connectivity index (χ1n) is 22.4. The van der Waals surface area contributed by atoms with E-state index in [1.807, 2.05) is 17.0 Å². The van der Waals surface area contributed by atoms with E-state index in [9.17, 15) is 26.4 Å². The number of ether oxygens (including phenoxy) is 2. The van der Waals surface area contributed by atoms with E-state index in [-0.39, 0.29) is 62.1 Å². The zero-order chi connectivity index (χ0) is 51.5. The number of carbonyl (C=O) groups excluding carboxylic acids is 1. The van der Waals surface area contributed by atoms with Crippen LogP contribution in [0.5, 0.6) is 11.5 Å². The van der Waals surface area contributed by atoms with Gasteiger partial charge in [-0.05, 0) is 107 Å². The summed E-state index contributed by atoms with van der Waals surface area (Å²) in [6.45, 7) is 8.09. The predicted molar refractivity (Wildman–Crippen MR) is 276 cm³/mol. The van der Waals surface area contributed by atoms with Gasteiger partial charge in [-0.25, -0.2) is 26.8 Å². The number of carboxylic acid groups (broad SMARTS) is 1. The van der Waals surface area contributed by atoms with E-state index in [4.69, 9.17) is 37.8 Å². The minimum Gasteiger partial charge on any atom is -0.495 e. The molecule has 0 atom stereocenters. The van der Waals surface area contributed by atoms with E-state index < -0.39 is 36.1 Å². The van der Waals surface area contributed by atoms with Gasteiger partial charge < -0.3 is 40.7 Å². The quantitative estimate of drug-likeness (QED) is 0.0538. The van der Waals surface area contributed by atoms with Crippen molar-refractivity contribution in [3.8, 4) is 11.5 Å². The van der Waals surface area contributed by atoms with Gasteiger partial charge in [0.25, 0.3) is 0 Å². The fourth-order valence-electron chi connectivity index (χ4n) is 7.20. The molecule has 0 bridgehead atoms. The van der Waals surface area contributed by atoms with Crippen molar-refractivity contribution >= 4 is 101 Å². The Morgan fingerprint density at radius 1 is 0.620 bits per heavy atom. The molecule has 0 spiro atoms. The van der Waals surface area contributed by atoms with Crippen molar-refractivity contribution in [2.75, 3.05) is 48.6 Å². The molecule has 2 aromatic heterocycles. The molecule has 1 aliphatic rings. The minimum atomic E-state index is -3.55. The molecule has 71 heavy (non-hydrogen) atoms. The largest absolute Gasteiger partial charge is 0.495 e. The second-order valence-corrected chi connectivity index (χ2v) is 22.5. The number of aliphatic carboxylic acids is 1. The summed E-state index contributed by atoms with van der Waals surface area (Å²) in [4.78, 5) is 43.3. The molecular weight excluding hydrogens is 994 g/mol. The molecule has 1 saturated heterocycles. The van der Waals surface area contributed by atoms with Crippen LogP contribution in [-0.4, -0.2) is 96.5 Å². The van der Waals surface area contributed by atoms with Crippen LogP contribution in [0.3, 0.4) is 0 Å². The molecule has 1 fully saturated rings. The number of carbonyl (C=O) groups is 2. The van der Waals surface area contributed by atoms with Gasteiger partial charge in [0, 0.05) is 13.1 Å². The standard InChI is InChI=1S/C27H32ClN5O4S.C22H23ClN4O5S/c1-18(2)38(35,36)24-10-6-5-9-21(24)30-26-20(28)17-29-27(32-26)31-22-15-19(11-12-23(22)37-3)16-25(34)33-13-7-4-8-14-33;1-13(2)33(30,31)19-7-5-4-6-16(19)25-21-15(23)12-24-22(27-21)26-17-10-14(11-20(28)29)8-9-18(17)32-3/h5-6,9-12,15,17-18H,4,7-8,13-14,16H2,1-3H3,(H2,29,30,31,32);4-10,12-13H,11H2,1-3H3,(H,28,29)(H2,24,25,26,27). The smallest absolute Gasteiger partial charge is 0.307 e. The van der Waals surface area contributed by atoms with Gasteiger partial charge in [0.15, 0.2) is 31.3 Å². The zero-order valence-electron chi connectivity index (χ0n) is 39.9. The Balaban J connectivity index is 0.000000235. The first-order chi connectivity index (χ1) is 33.8. The lowest BCUT2D eigenvalue weighted by Gasteiger charge is -2.26. The van der Waals surface area contributed by atoms with Crippen molar-refractivity contribution in [1.29, 1.82) is 0 Å². The van der Waals surface area contributed by atoms with Gasteiger partial charge in [0.2, 0.25) is 17.8 Å². The monoisotopic (exact) mass is 1050 g/mol. The van der Waals surface area contributed by atoms with Crippen molar-refractivity contribution < 1.29 is 41.0 Å². The molecular formula is C49H55Cl2N9O9S2.